The van der Waals surface area contributed by atoms with Crippen molar-refractivity contribution in [2.24, 2.45) is 0 Å². The minimum Gasteiger partial charge on any atom is -0.496 e. The Balaban J connectivity index is 2.21. The number of unbranched alkanes of at least 4 members (excludes halogenated alkanes) is 2. The molecule has 0 spiro atoms. The van der Waals surface area contributed by atoms with E-state index in [0.29, 0.717) is 0 Å². The van der Waals surface area contributed by atoms with E-state index < -0.39 is 0 Å². The van der Waals surface area contributed by atoms with E-state index in [9.17, 15) is 0 Å². The summed E-state index contributed by atoms with van der Waals surface area (Å²) in [6.45, 7) is 10.2. The van der Waals surface area contributed by atoms with Crippen molar-refractivity contribution in [2.45, 2.75) is 52.5 Å². The van der Waals surface area contributed by atoms with Crippen LogP contribution in [0.5, 0.6) is 5.75 Å². The predicted molar refractivity (Wildman–Crippen MR) is 95.6 cm³/mol. The summed E-state index contributed by atoms with van der Waals surface area (Å²) in [5.41, 5.74) is 1.24. The number of nitrogens with zero attached hydrogens (tertiary/aromatic N) is 1. The standard InChI is InChI=1S/C19H34N2O/c1-4-6-14-21(15-7-5-2)16-10-13-20-17-18-11-8-9-12-19(18)22-3/h8-9,11-12,20H,4-7,10,13-17H2,1-3H3. The molecule has 3 heteroatoms. The predicted octanol–water partition coefficient (Wildman–Crippen LogP) is 4.08. The number of hydrogen-bond acceptors (Lipinski definition) is 3. The number of ether oxygens (including phenoxy) is 1. The van der Waals surface area contributed by atoms with Gasteiger partial charge >= 0.3 is 0 Å². The monoisotopic (exact) mass is 306 g/mol. The molecule has 0 aromatic heterocycles. The fraction of sp³-hybridized carbons (Fsp3) is 0.684. The van der Waals surface area contributed by atoms with E-state index in [1.807, 2.05) is 12.1 Å². The molecule has 0 aliphatic rings. The highest BCUT2D eigenvalue weighted by atomic mass is 16.5. The van der Waals surface area contributed by atoms with E-state index in [4.69, 9.17) is 4.74 Å². The maximum absolute atomic E-state index is 5.38. The third-order valence-corrected chi connectivity index (χ3v) is 3.99. The second-order valence-electron chi connectivity index (χ2n) is 5.89. The maximum atomic E-state index is 5.38. The van der Waals surface area contributed by atoms with E-state index >= 15 is 0 Å². The molecule has 0 saturated carbocycles. The van der Waals surface area contributed by atoms with Gasteiger partial charge < -0.3 is 15.0 Å². The molecule has 0 heterocycles. The summed E-state index contributed by atoms with van der Waals surface area (Å²) < 4.78 is 5.38. The first kappa shape index (κ1) is 19.0. The molecule has 0 bridgehead atoms. The Hall–Kier alpha value is -1.06. The van der Waals surface area contributed by atoms with Crippen LogP contribution in [0.2, 0.25) is 0 Å². The highest BCUT2D eigenvalue weighted by Gasteiger charge is 2.04. The third-order valence-electron chi connectivity index (χ3n) is 3.99. The molecule has 22 heavy (non-hydrogen) atoms. The van der Waals surface area contributed by atoms with E-state index in [-0.39, 0.29) is 0 Å². The van der Waals surface area contributed by atoms with Crippen LogP contribution in [0, 0.1) is 0 Å². The fourth-order valence-corrected chi connectivity index (χ4v) is 2.60. The number of benzene rings is 1. The van der Waals surface area contributed by atoms with Gasteiger partial charge in [0.15, 0.2) is 0 Å². The SMILES string of the molecule is CCCCN(CCCC)CCCNCc1ccccc1OC. The van der Waals surface area contributed by atoms with Gasteiger partial charge in [0.1, 0.15) is 5.75 Å². The number of methoxy groups -OCH3 is 1. The summed E-state index contributed by atoms with van der Waals surface area (Å²) in [5, 5.41) is 3.54. The van der Waals surface area contributed by atoms with Crippen LogP contribution in [-0.2, 0) is 6.54 Å². The molecular formula is C19H34N2O. The van der Waals surface area contributed by atoms with Gasteiger partial charge in [-0.15, -0.1) is 0 Å². The summed E-state index contributed by atoms with van der Waals surface area (Å²) in [4.78, 5) is 2.62. The number of hydrogen-bond donors (Lipinski definition) is 1. The van der Waals surface area contributed by atoms with Crippen LogP contribution in [0.3, 0.4) is 0 Å². The lowest BCUT2D eigenvalue weighted by atomic mass is 10.2. The Morgan fingerprint density at radius 2 is 1.59 bits per heavy atom. The zero-order valence-corrected chi connectivity index (χ0v) is 14.7. The van der Waals surface area contributed by atoms with Crippen molar-refractivity contribution in [3.8, 4) is 5.75 Å². The van der Waals surface area contributed by atoms with Gasteiger partial charge in [0, 0.05) is 12.1 Å². The van der Waals surface area contributed by atoms with Crippen molar-refractivity contribution in [3.63, 3.8) is 0 Å². The lowest BCUT2D eigenvalue weighted by Gasteiger charge is -2.22. The Kier molecular flexibility index (Phi) is 10.8. The molecule has 1 rings (SSSR count). The molecule has 1 N–H and O–H groups in total. The Bertz CT molecular complexity index is 373. The van der Waals surface area contributed by atoms with Crippen LogP contribution in [-0.4, -0.2) is 38.2 Å². The lowest BCUT2D eigenvalue weighted by molar-refractivity contribution is 0.261. The summed E-state index contributed by atoms with van der Waals surface area (Å²) in [6.07, 6.45) is 6.42. The molecule has 0 unspecified atom stereocenters. The Morgan fingerprint density at radius 1 is 0.955 bits per heavy atom. The average molecular weight is 306 g/mol. The minimum atomic E-state index is 0.883. The van der Waals surface area contributed by atoms with E-state index in [1.165, 1.54) is 57.3 Å². The molecule has 0 saturated heterocycles. The van der Waals surface area contributed by atoms with Gasteiger partial charge in [0.25, 0.3) is 0 Å². The van der Waals surface area contributed by atoms with Gasteiger partial charge in [-0.2, -0.15) is 0 Å². The first-order valence-electron chi connectivity index (χ1n) is 8.86. The molecule has 126 valence electrons. The number of para-hydroxylation sites is 1. The topological polar surface area (TPSA) is 24.5 Å². The molecule has 0 aliphatic carbocycles. The molecule has 0 atom stereocenters. The highest BCUT2D eigenvalue weighted by Crippen LogP contribution is 2.16. The largest absolute Gasteiger partial charge is 0.496 e. The molecule has 0 fully saturated rings. The lowest BCUT2D eigenvalue weighted by Crippen LogP contribution is -2.29. The second-order valence-corrected chi connectivity index (χ2v) is 5.89. The van der Waals surface area contributed by atoms with Crippen molar-refractivity contribution in [1.29, 1.82) is 0 Å². The van der Waals surface area contributed by atoms with E-state index in [0.717, 1.165) is 18.8 Å². The van der Waals surface area contributed by atoms with E-state index in [1.54, 1.807) is 7.11 Å². The highest BCUT2D eigenvalue weighted by molar-refractivity contribution is 5.32. The van der Waals surface area contributed by atoms with Gasteiger partial charge in [-0.3, -0.25) is 0 Å². The van der Waals surface area contributed by atoms with Crippen molar-refractivity contribution < 1.29 is 4.74 Å². The minimum absolute atomic E-state index is 0.883. The zero-order chi connectivity index (χ0) is 16.0. The van der Waals surface area contributed by atoms with Gasteiger partial charge in [0.05, 0.1) is 7.11 Å². The van der Waals surface area contributed by atoms with Crippen LogP contribution in [0.1, 0.15) is 51.5 Å². The normalized spacial score (nSPS) is 11.1. The van der Waals surface area contributed by atoms with Crippen LogP contribution in [0.25, 0.3) is 0 Å². The third kappa shape index (κ3) is 7.81. The van der Waals surface area contributed by atoms with Gasteiger partial charge in [-0.05, 0) is 51.5 Å². The molecule has 3 nitrogen and oxygen atoms in total. The first-order chi connectivity index (χ1) is 10.8. The van der Waals surface area contributed by atoms with Crippen molar-refractivity contribution in [2.75, 3.05) is 33.3 Å². The molecule has 1 aromatic rings. The van der Waals surface area contributed by atoms with Crippen molar-refractivity contribution >= 4 is 0 Å². The van der Waals surface area contributed by atoms with Gasteiger partial charge in [-0.1, -0.05) is 44.9 Å². The molecular weight excluding hydrogens is 272 g/mol. The van der Waals surface area contributed by atoms with Crippen molar-refractivity contribution in [1.82, 2.24) is 10.2 Å². The molecule has 0 radical (unpaired) electrons. The zero-order valence-electron chi connectivity index (χ0n) is 14.7. The van der Waals surface area contributed by atoms with Crippen molar-refractivity contribution in [3.05, 3.63) is 29.8 Å². The van der Waals surface area contributed by atoms with Crippen LogP contribution in [0.4, 0.5) is 0 Å². The summed E-state index contributed by atoms with van der Waals surface area (Å²) in [7, 11) is 1.73. The number of rotatable bonds is 13. The Morgan fingerprint density at radius 3 is 2.23 bits per heavy atom. The van der Waals surface area contributed by atoms with E-state index in [2.05, 4.69) is 36.2 Å². The summed E-state index contributed by atoms with van der Waals surface area (Å²) >= 11 is 0. The van der Waals surface area contributed by atoms with Gasteiger partial charge in [0.2, 0.25) is 0 Å². The van der Waals surface area contributed by atoms with Crippen LogP contribution in [0.15, 0.2) is 24.3 Å². The Labute approximate surface area is 137 Å². The maximum Gasteiger partial charge on any atom is 0.123 e. The van der Waals surface area contributed by atoms with Crippen LogP contribution < -0.4 is 10.1 Å². The van der Waals surface area contributed by atoms with Crippen LogP contribution >= 0.6 is 0 Å². The summed E-state index contributed by atoms with van der Waals surface area (Å²) in [5.74, 6) is 0.975. The average Bonchev–Trinajstić information content (AvgIpc) is 2.56. The molecule has 0 aliphatic heterocycles. The van der Waals surface area contributed by atoms with Gasteiger partial charge in [-0.25, -0.2) is 0 Å². The molecule has 0 amide bonds. The smallest absolute Gasteiger partial charge is 0.123 e. The number of nitrogens with one attached hydrogen (secondary N) is 1. The second kappa shape index (κ2) is 12.5. The first-order valence-corrected chi connectivity index (χ1v) is 8.86. The fourth-order valence-electron chi connectivity index (χ4n) is 2.60. The summed E-state index contributed by atoms with van der Waals surface area (Å²) in [6, 6.07) is 8.23. The quantitative estimate of drug-likeness (QED) is 0.556. The molecule has 1 aromatic carbocycles.